The van der Waals surface area contributed by atoms with Crippen molar-refractivity contribution in [3.05, 3.63) is 35.4 Å². The second-order valence-electron chi connectivity index (χ2n) is 4.32. The topological polar surface area (TPSA) is 64.6 Å². The molecule has 0 aromatic heterocycles. The first kappa shape index (κ1) is 13.5. The molecular formula is C14H17NO4. The molecule has 2 rings (SSSR count). The van der Waals surface area contributed by atoms with E-state index < -0.39 is 6.10 Å². The lowest BCUT2D eigenvalue weighted by Crippen LogP contribution is -2.35. The highest BCUT2D eigenvalue weighted by molar-refractivity contribution is 5.83. The highest BCUT2D eigenvalue weighted by atomic mass is 16.5. The first-order chi connectivity index (χ1) is 9.22. The number of fused-ring (bicyclic) bond motifs is 1. The molecule has 1 atom stereocenters. The zero-order valence-corrected chi connectivity index (χ0v) is 10.8. The molecule has 5 nitrogen and oxygen atoms in total. The van der Waals surface area contributed by atoms with Gasteiger partial charge in [0.15, 0.2) is 6.10 Å². The lowest BCUT2D eigenvalue weighted by atomic mass is 9.97. The molecule has 1 heterocycles. The van der Waals surface area contributed by atoms with Crippen LogP contribution in [-0.2, 0) is 25.5 Å². The standard InChI is InChI=1S/C14H17NO4/c1-18-12(16)6-8-15-14(17)13-11-5-3-2-4-10(11)7-9-19-13/h2-5,13H,6-9H2,1H3,(H,15,17). The fourth-order valence-electron chi connectivity index (χ4n) is 2.09. The molecule has 1 aromatic carbocycles. The van der Waals surface area contributed by atoms with Crippen LogP contribution in [0, 0.1) is 0 Å². The lowest BCUT2D eigenvalue weighted by molar-refractivity contribution is -0.140. The van der Waals surface area contributed by atoms with Crippen LogP contribution in [0.5, 0.6) is 0 Å². The minimum absolute atomic E-state index is 0.163. The van der Waals surface area contributed by atoms with E-state index in [-0.39, 0.29) is 24.8 Å². The SMILES string of the molecule is COC(=O)CCNC(=O)C1OCCc2ccccc21. The first-order valence-electron chi connectivity index (χ1n) is 6.26. The lowest BCUT2D eigenvalue weighted by Gasteiger charge is -2.25. The zero-order chi connectivity index (χ0) is 13.7. The Bertz CT molecular complexity index is 472. The van der Waals surface area contributed by atoms with Crippen molar-refractivity contribution in [3.8, 4) is 0 Å². The Balaban J connectivity index is 1.95. The number of nitrogens with one attached hydrogen (secondary N) is 1. The number of carbonyl (C=O) groups is 2. The van der Waals surface area contributed by atoms with Crippen molar-refractivity contribution in [1.82, 2.24) is 5.32 Å². The van der Waals surface area contributed by atoms with Crippen molar-refractivity contribution < 1.29 is 19.1 Å². The van der Waals surface area contributed by atoms with Crippen molar-refractivity contribution in [2.45, 2.75) is 18.9 Å². The van der Waals surface area contributed by atoms with Crippen molar-refractivity contribution in [2.75, 3.05) is 20.3 Å². The maximum atomic E-state index is 12.0. The van der Waals surface area contributed by atoms with Crippen LogP contribution in [0.4, 0.5) is 0 Å². The zero-order valence-electron chi connectivity index (χ0n) is 10.8. The first-order valence-corrected chi connectivity index (χ1v) is 6.26. The smallest absolute Gasteiger partial charge is 0.307 e. The van der Waals surface area contributed by atoms with Crippen molar-refractivity contribution >= 4 is 11.9 Å². The molecule has 1 aliphatic rings. The summed E-state index contributed by atoms with van der Waals surface area (Å²) in [5, 5.41) is 2.69. The highest BCUT2D eigenvalue weighted by Gasteiger charge is 2.26. The maximum Gasteiger partial charge on any atom is 0.307 e. The second-order valence-corrected chi connectivity index (χ2v) is 4.32. The molecule has 1 aromatic rings. The number of carbonyl (C=O) groups excluding carboxylic acids is 2. The van der Waals surface area contributed by atoms with Crippen molar-refractivity contribution in [2.24, 2.45) is 0 Å². The van der Waals surface area contributed by atoms with Gasteiger partial charge in [0.1, 0.15) is 0 Å². The van der Waals surface area contributed by atoms with E-state index >= 15 is 0 Å². The molecule has 19 heavy (non-hydrogen) atoms. The number of rotatable bonds is 4. The Kier molecular flexibility index (Phi) is 4.52. The summed E-state index contributed by atoms with van der Waals surface area (Å²) in [5.41, 5.74) is 2.05. The monoisotopic (exact) mass is 263 g/mol. The normalized spacial score (nSPS) is 17.4. The average molecular weight is 263 g/mol. The summed E-state index contributed by atoms with van der Waals surface area (Å²) < 4.78 is 10.0. The van der Waals surface area contributed by atoms with Gasteiger partial charge in [-0.2, -0.15) is 0 Å². The number of benzene rings is 1. The molecule has 1 amide bonds. The summed E-state index contributed by atoms with van der Waals surface area (Å²) in [4.78, 5) is 23.0. The van der Waals surface area contributed by atoms with Crippen LogP contribution >= 0.6 is 0 Å². The Hall–Kier alpha value is -1.88. The van der Waals surface area contributed by atoms with E-state index in [9.17, 15) is 9.59 Å². The third kappa shape index (κ3) is 3.32. The van der Waals surface area contributed by atoms with E-state index in [1.54, 1.807) is 0 Å². The molecule has 0 aliphatic carbocycles. The summed E-state index contributed by atoms with van der Waals surface area (Å²) in [6.45, 7) is 0.791. The third-order valence-corrected chi connectivity index (χ3v) is 3.09. The molecule has 0 saturated heterocycles. The summed E-state index contributed by atoms with van der Waals surface area (Å²) in [7, 11) is 1.32. The molecule has 0 saturated carbocycles. The number of amides is 1. The molecule has 0 spiro atoms. The average Bonchev–Trinajstić information content (AvgIpc) is 2.46. The summed E-state index contributed by atoms with van der Waals surface area (Å²) in [5.74, 6) is -0.554. The third-order valence-electron chi connectivity index (χ3n) is 3.09. The van der Waals surface area contributed by atoms with Crippen molar-refractivity contribution in [3.63, 3.8) is 0 Å². The molecule has 1 N–H and O–H groups in total. The molecule has 0 radical (unpaired) electrons. The van der Waals surface area contributed by atoms with Gasteiger partial charge in [0, 0.05) is 6.54 Å². The van der Waals surface area contributed by atoms with Crippen LogP contribution < -0.4 is 5.32 Å². The van der Waals surface area contributed by atoms with Gasteiger partial charge in [-0.15, -0.1) is 0 Å². The van der Waals surface area contributed by atoms with E-state index in [0.29, 0.717) is 6.61 Å². The number of hydrogen-bond acceptors (Lipinski definition) is 4. The molecule has 1 unspecified atom stereocenters. The fourth-order valence-corrected chi connectivity index (χ4v) is 2.09. The van der Waals surface area contributed by atoms with Crippen LogP contribution in [0.25, 0.3) is 0 Å². The van der Waals surface area contributed by atoms with Gasteiger partial charge in [-0.25, -0.2) is 0 Å². The van der Waals surface area contributed by atoms with Gasteiger partial charge >= 0.3 is 5.97 Å². The van der Waals surface area contributed by atoms with Crippen LogP contribution in [0.2, 0.25) is 0 Å². The molecular weight excluding hydrogens is 246 g/mol. The quantitative estimate of drug-likeness (QED) is 0.822. The minimum atomic E-state index is -0.581. The largest absolute Gasteiger partial charge is 0.469 e. The van der Waals surface area contributed by atoms with Crippen LogP contribution in [-0.4, -0.2) is 32.1 Å². The van der Waals surface area contributed by atoms with Gasteiger partial charge in [-0.3, -0.25) is 9.59 Å². The van der Waals surface area contributed by atoms with E-state index in [1.807, 2.05) is 24.3 Å². The Morgan fingerprint density at radius 3 is 3.00 bits per heavy atom. The van der Waals surface area contributed by atoms with Gasteiger partial charge < -0.3 is 14.8 Å². The van der Waals surface area contributed by atoms with Crippen LogP contribution in [0.3, 0.4) is 0 Å². The van der Waals surface area contributed by atoms with E-state index in [1.165, 1.54) is 7.11 Å². The summed E-state index contributed by atoms with van der Waals surface area (Å²) in [6, 6.07) is 7.75. The highest BCUT2D eigenvalue weighted by Crippen LogP contribution is 2.26. The second kappa shape index (κ2) is 6.33. The van der Waals surface area contributed by atoms with Gasteiger partial charge in [0.25, 0.3) is 5.91 Å². The molecule has 0 bridgehead atoms. The summed E-state index contributed by atoms with van der Waals surface area (Å²) >= 11 is 0. The maximum absolute atomic E-state index is 12.0. The molecule has 5 heteroatoms. The van der Waals surface area contributed by atoms with Crippen LogP contribution in [0.15, 0.2) is 24.3 Å². The van der Waals surface area contributed by atoms with E-state index in [2.05, 4.69) is 10.1 Å². The van der Waals surface area contributed by atoms with E-state index in [0.717, 1.165) is 17.5 Å². The Morgan fingerprint density at radius 1 is 1.42 bits per heavy atom. The van der Waals surface area contributed by atoms with Crippen molar-refractivity contribution in [1.29, 1.82) is 0 Å². The number of ether oxygens (including phenoxy) is 2. The van der Waals surface area contributed by atoms with Crippen LogP contribution in [0.1, 0.15) is 23.7 Å². The van der Waals surface area contributed by atoms with Gasteiger partial charge in [-0.1, -0.05) is 24.3 Å². The number of esters is 1. The van der Waals surface area contributed by atoms with E-state index in [4.69, 9.17) is 4.74 Å². The van der Waals surface area contributed by atoms with Gasteiger partial charge in [0.05, 0.1) is 20.1 Å². The molecule has 0 fully saturated rings. The Morgan fingerprint density at radius 2 is 2.21 bits per heavy atom. The molecule has 102 valence electrons. The number of methoxy groups -OCH3 is 1. The fraction of sp³-hybridized carbons (Fsp3) is 0.429. The molecule has 1 aliphatic heterocycles. The minimum Gasteiger partial charge on any atom is -0.469 e. The van der Waals surface area contributed by atoms with Gasteiger partial charge in [-0.05, 0) is 17.5 Å². The number of hydrogen-bond donors (Lipinski definition) is 1. The Labute approximate surface area is 111 Å². The summed E-state index contributed by atoms with van der Waals surface area (Å²) in [6.07, 6.45) is 0.404. The predicted molar refractivity (Wildman–Crippen MR) is 68.5 cm³/mol. The predicted octanol–water partition coefficient (Wildman–Crippen LogP) is 0.980. The van der Waals surface area contributed by atoms with Gasteiger partial charge in [0.2, 0.25) is 0 Å².